The molecule has 0 saturated heterocycles. The van der Waals surface area contributed by atoms with Crippen LogP contribution in [-0.2, 0) is 0 Å². The molecule has 0 saturated carbocycles. The van der Waals surface area contributed by atoms with Gasteiger partial charge >= 0.3 is 0 Å². The number of aryl methyl sites for hydroxylation is 1. The zero-order valence-electron chi connectivity index (χ0n) is 7.36. The van der Waals surface area contributed by atoms with E-state index < -0.39 is 0 Å². The smallest absolute Gasteiger partial charge is 0.288 e. The van der Waals surface area contributed by atoms with Gasteiger partial charge in [0.15, 0.2) is 0 Å². The second-order valence-electron chi connectivity index (χ2n) is 2.74. The molecule has 5 nitrogen and oxygen atoms in total. The number of halogens is 1. The van der Waals surface area contributed by atoms with Gasteiger partial charge in [0.05, 0.1) is 0 Å². The summed E-state index contributed by atoms with van der Waals surface area (Å²) in [4.78, 5) is 19.5. The lowest BCUT2D eigenvalue weighted by Crippen LogP contribution is -2.17. The summed E-state index contributed by atoms with van der Waals surface area (Å²) < 4.78 is 1.80. The van der Waals surface area contributed by atoms with Crippen LogP contribution in [0.25, 0.3) is 5.95 Å². The van der Waals surface area contributed by atoms with E-state index in [4.69, 9.17) is 0 Å². The Bertz CT molecular complexity index is 502. The molecule has 0 unspecified atom stereocenters. The molecule has 0 radical (unpaired) electrons. The van der Waals surface area contributed by atoms with Gasteiger partial charge in [-0.05, 0) is 28.9 Å². The molecular weight excluding hydrogens is 248 g/mol. The normalized spacial score (nSPS) is 10.4. The summed E-state index contributed by atoms with van der Waals surface area (Å²) in [5.74, 6) is 0.339. The van der Waals surface area contributed by atoms with Gasteiger partial charge in [-0.3, -0.25) is 9.89 Å². The van der Waals surface area contributed by atoms with E-state index in [0.717, 1.165) is 5.69 Å². The minimum Gasteiger partial charge on any atom is -0.291 e. The molecule has 0 bridgehead atoms. The van der Waals surface area contributed by atoms with Crippen molar-refractivity contribution in [2.45, 2.75) is 6.92 Å². The van der Waals surface area contributed by atoms with Gasteiger partial charge < -0.3 is 0 Å². The highest BCUT2D eigenvalue weighted by molar-refractivity contribution is 9.10. The van der Waals surface area contributed by atoms with Crippen LogP contribution < -0.4 is 5.56 Å². The summed E-state index contributed by atoms with van der Waals surface area (Å²) in [5.41, 5.74) is 0.566. The molecule has 72 valence electrons. The maximum atomic E-state index is 11.6. The molecule has 0 aliphatic heterocycles. The van der Waals surface area contributed by atoms with Crippen molar-refractivity contribution in [2.75, 3.05) is 0 Å². The summed E-state index contributed by atoms with van der Waals surface area (Å²) in [7, 11) is 0. The van der Waals surface area contributed by atoms with Crippen molar-refractivity contribution in [3.8, 4) is 5.95 Å². The standard InChI is InChI=1S/C8H7BrN4O/c1-5-6(9)7(14)13(12-5)8-10-3-2-4-11-8/h2-4,12H,1H3. The van der Waals surface area contributed by atoms with Gasteiger partial charge in [-0.1, -0.05) is 0 Å². The van der Waals surface area contributed by atoms with Gasteiger partial charge in [-0.2, -0.15) is 4.68 Å². The maximum absolute atomic E-state index is 11.6. The lowest BCUT2D eigenvalue weighted by molar-refractivity contribution is 0.774. The predicted octanol–water partition coefficient (Wildman–Crippen LogP) is 1.03. The topological polar surface area (TPSA) is 63.6 Å². The molecule has 2 aromatic rings. The molecule has 0 aromatic carbocycles. The fraction of sp³-hybridized carbons (Fsp3) is 0.125. The average Bonchev–Trinajstić information content (AvgIpc) is 2.47. The SMILES string of the molecule is Cc1[nH]n(-c2ncccn2)c(=O)c1Br. The van der Waals surface area contributed by atoms with E-state index in [0.29, 0.717) is 10.4 Å². The maximum Gasteiger partial charge on any atom is 0.288 e. The van der Waals surface area contributed by atoms with Crippen LogP contribution in [0, 0.1) is 6.92 Å². The Labute approximate surface area is 87.9 Å². The van der Waals surface area contributed by atoms with Gasteiger partial charge in [0.2, 0.25) is 0 Å². The first-order valence-corrected chi connectivity index (χ1v) is 4.74. The minimum atomic E-state index is -0.186. The second kappa shape index (κ2) is 3.38. The van der Waals surface area contributed by atoms with Crippen LogP contribution in [0.5, 0.6) is 0 Å². The predicted molar refractivity (Wildman–Crippen MR) is 54.4 cm³/mol. The number of rotatable bonds is 1. The fourth-order valence-electron chi connectivity index (χ4n) is 1.07. The lowest BCUT2D eigenvalue weighted by Gasteiger charge is -1.96. The molecule has 1 N–H and O–H groups in total. The van der Waals surface area contributed by atoms with Crippen molar-refractivity contribution < 1.29 is 0 Å². The molecule has 0 spiro atoms. The molecule has 0 atom stereocenters. The van der Waals surface area contributed by atoms with Gasteiger partial charge in [0, 0.05) is 18.1 Å². The largest absolute Gasteiger partial charge is 0.291 e. The minimum absolute atomic E-state index is 0.186. The zero-order valence-corrected chi connectivity index (χ0v) is 8.95. The van der Waals surface area contributed by atoms with Crippen LogP contribution in [0.15, 0.2) is 27.7 Å². The van der Waals surface area contributed by atoms with E-state index >= 15 is 0 Å². The summed E-state index contributed by atoms with van der Waals surface area (Å²) in [6.07, 6.45) is 3.16. The van der Waals surface area contributed by atoms with Gasteiger partial charge in [-0.15, -0.1) is 0 Å². The first-order chi connectivity index (χ1) is 6.70. The summed E-state index contributed by atoms with van der Waals surface area (Å²) in [6.45, 7) is 1.80. The van der Waals surface area contributed by atoms with Crippen LogP contribution in [0.2, 0.25) is 0 Å². The van der Waals surface area contributed by atoms with E-state index in [2.05, 4.69) is 31.0 Å². The highest BCUT2D eigenvalue weighted by Crippen LogP contribution is 2.08. The second-order valence-corrected chi connectivity index (χ2v) is 3.53. The molecular formula is C8H7BrN4O. The Morgan fingerprint density at radius 3 is 2.57 bits per heavy atom. The Morgan fingerprint density at radius 2 is 2.07 bits per heavy atom. The number of hydrogen-bond donors (Lipinski definition) is 1. The molecule has 6 heteroatoms. The van der Waals surface area contributed by atoms with Crippen LogP contribution in [0.1, 0.15) is 5.69 Å². The van der Waals surface area contributed by atoms with Crippen molar-refractivity contribution in [1.82, 2.24) is 19.7 Å². The molecule has 0 amide bonds. The van der Waals surface area contributed by atoms with E-state index in [1.165, 1.54) is 4.68 Å². The van der Waals surface area contributed by atoms with E-state index in [-0.39, 0.29) is 5.56 Å². The third-order valence-electron chi connectivity index (χ3n) is 1.75. The number of nitrogens with zero attached hydrogens (tertiary/aromatic N) is 3. The molecule has 0 aliphatic carbocycles. The quantitative estimate of drug-likeness (QED) is 0.827. The summed E-state index contributed by atoms with van der Waals surface area (Å²) in [5, 5.41) is 2.86. The van der Waals surface area contributed by atoms with Crippen LogP contribution >= 0.6 is 15.9 Å². The third-order valence-corrected chi connectivity index (χ3v) is 2.69. The first kappa shape index (κ1) is 9.14. The average molecular weight is 255 g/mol. The van der Waals surface area contributed by atoms with Crippen molar-refractivity contribution in [3.05, 3.63) is 39.0 Å². The number of hydrogen-bond acceptors (Lipinski definition) is 3. The molecule has 2 heterocycles. The highest BCUT2D eigenvalue weighted by atomic mass is 79.9. The van der Waals surface area contributed by atoms with E-state index in [9.17, 15) is 4.79 Å². The van der Waals surface area contributed by atoms with Crippen molar-refractivity contribution in [2.24, 2.45) is 0 Å². The third kappa shape index (κ3) is 1.37. The summed E-state index contributed by atoms with van der Waals surface area (Å²) >= 11 is 3.18. The summed E-state index contributed by atoms with van der Waals surface area (Å²) in [6, 6.07) is 1.69. The van der Waals surface area contributed by atoms with E-state index in [1.807, 2.05) is 0 Å². The Kier molecular flexibility index (Phi) is 2.20. The molecule has 0 aliphatic rings. The molecule has 14 heavy (non-hydrogen) atoms. The van der Waals surface area contributed by atoms with Crippen molar-refractivity contribution >= 4 is 15.9 Å². The van der Waals surface area contributed by atoms with Gasteiger partial charge in [0.25, 0.3) is 11.5 Å². The Balaban J connectivity index is 2.64. The van der Waals surface area contributed by atoms with Crippen LogP contribution in [0.4, 0.5) is 0 Å². The monoisotopic (exact) mass is 254 g/mol. The lowest BCUT2D eigenvalue weighted by atomic mass is 10.5. The molecule has 2 rings (SSSR count). The van der Waals surface area contributed by atoms with Gasteiger partial charge in [-0.25, -0.2) is 9.97 Å². The Hall–Kier alpha value is -1.43. The van der Waals surface area contributed by atoms with Crippen molar-refractivity contribution in [3.63, 3.8) is 0 Å². The van der Waals surface area contributed by atoms with Gasteiger partial charge in [0.1, 0.15) is 4.47 Å². The molecule has 2 aromatic heterocycles. The van der Waals surface area contributed by atoms with Crippen LogP contribution in [-0.4, -0.2) is 19.7 Å². The number of aromatic amines is 1. The van der Waals surface area contributed by atoms with E-state index in [1.54, 1.807) is 25.4 Å². The Morgan fingerprint density at radius 1 is 1.43 bits per heavy atom. The number of H-pyrrole nitrogens is 1. The number of aromatic nitrogens is 4. The van der Waals surface area contributed by atoms with Crippen LogP contribution in [0.3, 0.4) is 0 Å². The first-order valence-electron chi connectivity index (χ1n) is 3.94. The van der Waals surface area contributed by atoms with Crippen molar-refractivity contribution in [1.29, 1.82) is 0 Å². The molecule has 0 fully saturated rings. The number of nitrogens with one attached hydrogen (secondary N) is 1. The zero-order chi connectivity index (χ0) is 10.1. The highest BCUT2D eigenvalue weighted by Gasteiger charge is 2.10. The fourth-order valence-corrected chi connectivity index (χ4v) is 1.34.